The number of hydrogen-bond donors (Lipinski definition) is 0. The van der Waals surface area contributed by atoms with Crippen molar-refractivity contribution in [3.63, 3.8) is 0 Å². The Bertz CT molecular complexity index is 3270. The maximum absolute atomic E-state index is 13.3. The first-order valence-corrected chi connectivity index (χ1v) is 30.7. The van der Waals surface area contributed by atoms with Crippen molar-refractivity contribution in [3.05, 3.63) is 237 Å². The number of fused-ring (bicyclic) bond motifs is 8. The maximum atomic E-state index is 13.3. The molecule has 0 saturated carbocycles. The summed E-state index contributed by atoms with van der Waals surface area (Å²) in [7, 11) is 11.6. The highest BCUT2D eigenvalue weighted by atomic mass is 16.6. The molecule has 0 amide bonds. The minimum Gasteiger partial charge on any atom is -0.496 e. The van der Waals surface area contributed by atoms with Gasteiger partial charge < -0.3 is 56.8 Å². The molecule has 92 heavy (non-hydrogen) atoms. The number of hydrogen-bond acceptors (Lipinski definition) is 16. The zero-order chi connectivity index (χ0) is 64.9. The van der Waals surface area contributed by atoms with E-state index in [0.717, 1.165) is 44.5 Å². The SMILES string of the molecule is COC(=O)COc1cc(OC)c2cc1C(CCc1ccccc1)c1cc(c(OCC(=O)OC)cc1OC)C(CCc1ccccc1)c1cc(c(OCC(=O)OC)cc1OC)C(CCc1ccccc1)c1cc(c(OCC(=O)OC)cc1OC)C2CCc1ccccc1. The molecule has 9 rings (SSSR count). The summed E-state index contributed by atoms with van der Waals surface area (Å²) in [6.07, 6.45) is 4.14. The fourth-order valence-corrected chi connectivity index (χ4v) is 12.3. The molecule has 16 heteroatoms. The van der Waals surface area contributed by atoms with E-state index in [4.69, 9.17) is 56.8 Å². The van der Waals surface area contributed by atoms with Gasteiger partial charge in [-0.1, -0.05) is 121 Å². The Morgan fingerprint density at radius 3 is 0.620 bits per heavy atom. The minimum atomic E-state index is -0.599. The third-order valence-corrected chi connectivity index (χ3v) is 17.0. The number of carbonyl (C=O) groups excluding carboxylic acids is 4. The maximum Gasteiger partial charge on any atom is 0.343 e. The van der Waals surface area contributed by atoms with Crippen LogP contribution in [0.5, 0.6) is 46.0 Å². The van der Waals surface area contributed by atoms with Crippen LogP contribution >= 0.6 is 0 Å². The van der Waals surface area contributed by atoms with Crippen molar-refractivity contribution < 1.29 is 76.0 Å². The zero-order valence-corrected chi connectivity index (χ0v) is 53.5. The molecule has 8 bridgehead atoms. The van der Waals surface area contributed by atoms with Gasteiger partial charge in [-0.05, 0) is 97.9 Å². The second-order valence-electron chi connectivity index (χ2n) is 22.3. The summed E-state index contributed by atoms with van der Waals surface area (Å²) in [5.41, 5.74) is 9.92. The van der Waals surface area contributed by atoms with E-state index >= 15 is 0 Å². The molecule has 480 valence electrons. The molecule has 4 unspecified atom stereocenters. The van der Waals surface area contributed by atoms with Crippen molar-refractivity contribution in [2.75, 3.05) is 83.3 Å². The molecule has 0 spiro atoms. The van der Waals surface area contributed by atoms with E-state index in [1.807, 2.05) is 97.1 Å². The van der Waals surface area contributed by atoms with Crippen LogP contribution in [0.1, 0.15) is 116 Å². The molecule has 0 aliphatic heterocycles. The molecule has 1 aliphatic rings. The highest BCUT2D eigenvalue weighted by molar-refractivity contribution is 5.73. The molecule has 0 saturated heterocycles. The average Bonchev–Trinajstić information content (AvgIpc) is 0.763. The summed E-state index contributed by atoms with van der Waals surface area (Å²) in [5.74, 6) is -1.64. The lowest BCUT2D eigenvalue weighted by Gasteiger charge is -2.32. The minimum absolute atomic E-state index is 0.347. The van der Waals surface area contributed by atoms with E-state index in [2.05, 4.69) is 72.8 Å². The largest absolute Gasteiger partial charge is 0.496 e. The van der Waals surface area contributed by atoms with Crippen LogP contribution in [0.4, 0.5) is 0 Å². The number of carbonyl (C=O) groups is 4. The summed E-state index contributed by atoms with van der Waals surface area (Å²) in [6, 6.07) is 56.4. The van der Waals surface area contributed by atoms with Gasteiger partial charge in [0.15, 0.2) is 26.4 Å². The van der Waals surface area contributed by atoms with Crippen LogP contribution in [0.3, 0.4) is 0 Å². The van der Waals surface area contributed by atoms with Crippen LogP contribution in [0.15, 0.2) is 170 Å². The summed E-state index contributed by atoms with van der Waals surface area (Å²) in [4.78, 5) is 53.2. The van der Waals surface area contributed by atoms with Gasteiger partial charge in [0, 0.05) is 92.4 Å². The van der Waals surface area contributed by atoms with E-state index in [1.54, 1.807) is 28.4 Å². The number of aryl methyl sites for hydroxylation is 4. The number of ether oxygens (including phenoxy) is 12. The number of esters is 4. The van der Waals surface area contributed by atoms with Crippen molar-refractivity contribution >= 4 is 23.9 Å². The van der Waals surface area contributed by atoms with E-state index in [9.17, 15) is 19.2 Å². The molecule has 16 nitrogen and oxygen atoms in total. The summed E-state index contributed by atoms with van der Waals surface area (Å²) >= 11 is 0. The van der Waals surface area contributed by atoms with Gasteiger partial charge in [0.25, 0.3) is 0 Å². The van der Waals surface area contributed by atoms with Gasteiger partial charge in [-0.2, -0.15) is 0 Å². The number of rotatable bonds is 28. The van der Waals surface area contributed by atoms with Crippen molar-refractivity contribution in [2.45, 2.75) is 75.0 Å². The number of benzene rings is 8. The van der Waals surface area contributed by atoms with Crippen molar-refractivity contribution in [3.8, 4) is 46.0 Å². The summed E-state index contributed by atoms with van der Waals surface area (Å²) < 4.78 is 73.5. The Balaban J connectivity index is 1.49. The highest BCUT2D eigenvalue weighted by Gasteiger charge is 2.36. The monoisotopic (exact) mass is 1250 g/mol. The Morgan fingerprint density at radius 1 is 0.261 bits per heavy atom. The Hall–Kier alpha value is -9.96. The van der Waals surface area contributed by atoms with Crippen LogP contribution < -0.4 is 37.9 Å². The van der Waals surface area contributed by atoms with E-state index in [1.165, 1.54) is 28.4 Å². The molecular weight excluding hydrogens is 1170 g/mol. The first-order chi connectivity index (χ1) is 44.9. The fourth-order valence-electron chi connectivity index (χ4n) is 12.3. The molecular formula is C76H80O16. The van der Waals surface area contributed by atoms with Gasteiger partial charge in [0.2, 0.25) is 0 Å². The van der Waals surface area contributed by atoms with Gasteiger partial charge in [0.1, 0.15) is 46.0 Å². The van der Waals surface area contributed by atoms with E-state index < -0.39 is 74.0 Å². The lowest BCUT2D eigenvalue weighted by molar-refractivity contribution is -0.143. The number of methoxy groups -OCH3 is 8. The van der Waals surface area contributed by atoms with Crippen LogP contribution in [0, 0.1) is 0 Å². The molecule has 4 atom stereocenters. The molecule has 0 aromatic heterocycles. The van der Waals surface area contributed by atoms with Gasteiger partial charge in [0.05, 0.1) is 56.9 Å². The smallest absolute Gasteiger partial charge is 0.343 e. The third-order valence-electron chi connectivity index (χ3n) is 17.0. The summed E-state index contributed by atoms with van der Waals surface area (Å²) in [5, 5.41) is 0. The predicted molar refractivity (Wildman–Crippen MR) is 348 cm³/mol. The van der Waals surface area contributed by atoms with Gasteiger partial charge in [-0.3, -0.25) is 0 Å². The Kier molecular flexibility index (Phi) is 23.6. The van der Waals surface area contributed by atoms with Crippen LogP contribution in [-0.2, 0) is 63.8 Å². The topological polar surface area (TPSA) is 179 Å². The highest BCUT2D eigenvalue weighted by Crippen LogP contribution is 2.53. The first kappa shape index (κ1) is 66.5. The third kappa shape index (κ3) is 16.5. The van der Waals surface area contributed by atoms with Crippen LogP contribution in [-0.4, -0.2) is 107 Å². The molecule has 8 aromatic rings. The molecule has 0 radical (unpaired) electrons. The Morgan fingerprint density at radius 2 is 0.446 bits per heavy atom. The van der Waals surface area contributed by atoms with Crippen molar-refractivity contribution in [2.24, 2.45) is 0 Å². The second-order valence-corrected chi connectivity index (χ2v) is 22.3. The van der Waals surface area contributed by atoms with Crippen molar-refractivity contribution in [1.29, 1.82) is 0 Å². The first-order valence-electron chi connectivity index (χ1n) is 30.7. The van der Waals surface area contributed by atoms with Crippen LogP contribution in [0.25, 0.3) is 0 Å². The zero-order valence-electron chi connectivity index (χ0n) is 53.5. The predicted octanol–water partition coefficient (Wildman–Crippen LogP) is 13.3. The quantitative estimate of drug-likeness (QED) is 0.0334. The molecule has 0 fully saturated rings. The Labute approximate surface area is 538 Å². The van der Waals surface area contributed by atoms with E-state index in [0.29, 0.717) is 120 Å². The summed E-state index contributed by atoms with van der Waals surface area (Å²) in [6.45, 7) is -1.73. The van der Waals surface area contributed by atoms with E-state index in [-0.39, 0.29) is 0 Å². The van der Waals surface area contributed by atoms with Gasteiger partial charge >= 0.3 is 23.9 Å². The second kappa shape index (κ2) is 32.7. The normalized spacial score (nSPS) is 14.8. The van der Waals surface area contributed by atoms with Crippen LogP contribution in [0.2, 0.25) is 0 Å². The van der Waals surface area contributed by atoms with Gasteiger partial charge in [-0.15, -0.1) is 0 Å². The molecule has 1 aliphatic carbocycles. The standard InChI is InChI=1S/C76H80O16/c1-81-65-41-69(89-45-73(77)85-5)61-37-57(65)53(33-29-49-21-13-9-14-22-49)62-38-58(66(82-2)42-70(62)90-46-74(78)86-6)55(35-31-51-25-17-11-18-26-51)64-40-60(68(84-4)44-72(64)92-48-76(80)88-8)56(36-32-52-27-19-12-20-28-52)63-39-59(54(61)34-30-50-23-15-10-16-24-50)67(83-3)43-71(63)91-47-75(79)87-7/h9-28,37-44,53-56H,29-36,45-48H2,1-8H3. The molecule has 8 aromatic carbocycles. The fraction of sp³-hybridized carbons (Fsp3) is 0.316. The van der Waals surface area contributed by atoms with Gasteiger partial charge in [-0.25, -0.2) is 19.2 Å². The average molecular weight is 1250 g/mol. The lowest BCUT2D eigenvalue weighted by Crippen LogP contribution is -2.19. The molecule has 0 N–H and O–H groups in total. The lowest BCUT2D eigenvalue weighted by atomic mass is 9.76. The van der Waals surface area contributed by atoms with Crippen molar-refractivity contribution in [1.82, 2.24) is 0 Å². The molecule has 0 heterocycles.